The minimum absolute atomic E-state index is 0.0517. The summed E-state index contributed by atoms with van der Waals surface area (Å²) in [6, 6.07) is 9.62. The molecule has 3 aromatic rings. The Morgan fingerprint density at radius 1 is 1.12 bits per heavy atom. The van der Waals surface area contributed by atoms with E-state index in [0.29, 0.717) is 18.6 Å². The number of hydrogen-bond acceptors (Lipinski definition) is 5. The number of nitrogens with one attached hydrogen (secondary N) is 1. The van der Waals surface area contributed by atoms with Crippen LogP contribution in [0.5, 0.6) is 0 Å². The van der Waals surface area contributed by atoms with E-state index >= 15 is 0 Å². The van der Waals surface area contributed by atoms with E-state index in [2.05, 4.69) is 10.3 Å². The largest absolute Gasteiger partial charge is 0.348 e. The van der Waals surface area contributed by atoms with Crippen LogP contribution in [0.2, 0.25) is 0 Å². The van der Waals surface area contributed by atoms with Crippen molar-refractivity contribution in [3.05, 3.63) is 71.4 Å². The molecular weight excluding hydrogens is 462 g/mol. The number of piperazine rings is 1. The van der Waals surface area contributed by atoms with Crippen molar-refractivity contribution in [3.8, 4) is 0 Å². The number of halogens is 2. The number of rotatable bonds is 6. The van der Waals surface area contributed by atoms with Crippen molar-refractivity contribution in [1.29, 1.82) is 0 Å². The van der Waals surface area contributed by atoms with Crippen LogP contribution in [-0.4, -0.2) is 61.2 Å². The number of para-hydroxylation sites is 1. The Morgan fingerprint density at radius 3 is 2.56 bits per heavy atom. The summed E-state index contributed by atoms with van der Waals surface area (Å²) in [7, 11) is -3.75. The van der Waals surface area contributed by atoms with Gasteiger partial charge in [-0.2, -0.15) is 4.31 Å². The molecule has 1 aliphatic heterocycles. The van der Waals surface area contributed by atoms with E-state index in [1.165, 1.54) is 10.4 Å². The van der Waals surface area contributed by atoms with Gasteiger partial charge in [0, 0.05) is 49.4 Å². The Hall–Kier alpha value is -2.95. The first-order chi connectivity index (χ1) is 16.1. The van der Waals surface area contributed by atoms with E-state index < -0.39 is 27.7 Å². The van der Waals surface area contributed by atoms with Gasteiger partial charge >= 0.3 is 0 Å². The highest BCUT2D eigenvalue weighted by atomic mass is 32.2. The number of fused-ring (bicyclic) bond motifs is 1. The number of aryl methyl sites for hydroxylation is 1. The average molecular weight is 489 g/mol. The van der Waals surface area contributed by atoms with Gasteiger partial charge in [-0.25, -0.2) is 17.2 Å². The van der Waals surface area contributed by atoms with Crippen LogP contribution in [0.25, 0.3) is 10.9 Å². The molecule has 1 unspecified atom stereocenters. The molecule has 7 nitrogen and oxygen atoms in total. The van der Waals surface area contributed by atoms with Crippen molar-refractivity contribution in [2.75, 3.05) is 32.7 Å². The quantitative estimate of drug-likeness (QED) is 0.577. The first-order valence-corrected chi connectivity index (χ1v) is 12.4. The minimum Gasteiger partial charge on any atom is -0.348 e. The van der Waals surface area contributed by atoms with Gasteiger partial charge in [-0.05, 0) is 37.6 Å². The fourth-order valence-corrected chi connectivity index (χ4v) is 5.73. The Bertz CT molecular complexity index is 1330. The molecule has 10 heteroatoms. The zero-order valence-electron chi connectivity index (χ0n) is 19.0. The molecule has 1 aliphatic rings. The monoisotopic (exact) mass is 488 g/mol. The molecule has 0 radical (unpaired) electrons. The zero-order valence-corrected chi connectivity index (χ0v) is 19.8. The third kappa shape index (κ3) is 5.08. The maximum absolute atomic E-state index is 14.0. The molecule has 34 heavy (non-hydrogen) atoms. The van der Waals surface area contributed by atoms with Crippen LogP contribution in [-0.2, 0) is 14.8 Å². The molecule has 180 valence electrons. The molecule has 1 saturated heterocycles. The first kappa shape index (κ1) is 24.2. The number of hydrogen-bond donors (Lipinski definition) is 1. The Kier molecular flexibility index (Phi) is 6.92. The van der Waals surface area contributed by atoms with Crippen molar-refractivity contribution in [2.24, 2.45) is 0 Å². The van der Waals surface area contributed by atoms with Crippen LogP contribution in [0.1, 0.15) is 24.1 Å². The normalized spacial score (nSPS) is 16.5. The number of aromatic nitrogens is 1. The molecule has 1 N–H and O–H groups in total. The lowest BCUT2D eigenvalue weighted by atomic mass is 10.1. The third-order valence-corrected chi connectivity index (χ3v) is 7.86. The predicted molar refractivity (Wildman–Crippen MR) is 125 cm³/mol. The molecule has 0 bridgehead atoms. The van der Waals surface area contributed by atoms with Crippen molar-refractivity contribution in [3.63, 3.8) is 0 Å². The number of sulfonamides is 1. The fourth-order valence-electron chi connectivity index (χ4n) is 4.14. The van der Waals surface area contributed by atoms with Crippen molar-refractivity contribution >= 4 is 26.8 Å². The second-order valence-corrected chi connectivity index (χ2v) is 10.4. The summed E-state index contributed by atoms with van der Waals surface area (Å²) in [5.41, 5.74) is 1.59. The average Bonchev–Trinajstić information content (AvgIpc) is 2.78. The zero-order chi connectivity index (χ0) is 24.5. The van der Waals surface area contributed by atoms with Gasteiger partial charge in [0.1, 0.15) is 16.5 Å². The molecule has 4 rings (SSSR count). The molecule has 0 saturated carbocycles. The number of benzene rings is 2. The van der Waals surface area contributed by atoms with Gasteiger partial charge in [0.15, 0.2) is 0 Å². The lowest BCUT2D eigenvalue weighted by Crippen LogP contribution is -2.51. The molecule has 1 aromatic heterocycles. The van der Waals surface area contributed by atoms with Crippen LogP contribution < -0.4 is 5.32 Å². The van der Waals surface area contributed by atoms with Gasteiger partial charge in [-0.3, -0.25) is 14.7 Å². The summed E-state index contributed by atoms with van der Waals surface area (Å²) >= 11 is 0. The highest BCUT2D eigenvalue weighted by Gasteiger charge is 2.31. The Labute approximate surface area is 197 Å². The Balaban J connectivity index is 1.37. The topological polar surface area (TPSA) is 82.6 Å². The summed E-state index contributed by atoms with van der Waals surface area (Å²) < 4.78 is 55.1. The number of carbonyl (C=O) groups excluding carboxylic acids is 1. The number of pyridine rings is 1. The predicted octanol–water partition coefficient (Wildman–Crippen LogP) is 3.01. The van der Waals surface area contributed by atoms with Gasteiger partial charge in [0.05, 0.1) is 18.1 Å². The van der Waals surface area contributed by atoms with Crippen molar-refractivity contribution in [1.82, 2.24) is 19.5 Å². The maximum atomic E-state index is 14.0. The van der Waals surface area contributed by atoms with Gasteiger partial charge in [-0.15, -0.1) is 0 Å². The van der Waals surface area contributed by atoms with Crippen LogP contribution in [0.4, 0.5) is 8.78 Å². The van der Waals surface area contributed by atoms with E-state index in [-0.39, 0.29) is 36.0 Å². The van der Waals surface area contributed by atoms with E-state index in [0.717, 1.165) is 23.1 Å². The summed E-state index contributed by atoms with van der Waals surface area (Å²) in [5, 5.41) is 3.48. The summed E-state index contributed by atoms with van der Waals surface area (Å²) in [4.78, 5) is 18.8. The molecule has 1 fully saturated rings. The third-order valence-electron chi connectivity index (χ3n) is 5.93. The standard InChI is InChI=1S/C24H26F2N4O3S/c1-16-12-18-4-3-5-22(24(18)27-14-16)34(32,33)30-10-8-29(9-11-30)15-23(31)28-17(2)20-7-6-19(25)13-21(20)26/h3-7,12-14,17H,8-11,15H2,1-2H3,(H,28,31). The molecule has 1 amide bonds. The fraction of sp³-hybridized carbons (Fsp3) is 0.333. The van der Waals surface area contributed by atoms with E-state index in [1.54, 1.807) is 25.3 Å². The molecule has 0 spiro atoms. The second kappa shape index (κ2) is 9.73. The first-order valence-electron chi connectivity index (χ1n) is 11.0. The van der Waals surface area contributed by atoms with Gasteiger partial charge < -0.3 is 5.32 Å². The number of nitrogens with zero attached hydrogens (tertiary/aromatic N) is 3. The second-order valence-electron chi connectivity index (χ2n) is 8.48. The van der Waals surface area contributed by atoms with Crippen molar-refractivity contribution in [2.45, 2.75) is 24.8 Å². The SMILES string of the molecule is Cc1cnc2c(S(=O)(=O)N3CCN(CC(=O)NC(C)c4ccc(F)cc4F)CC3)cccc2c1. The molecule has 1 atom stereocenters. The van der Waals surface area contributed by atoms with Crippen LogP contribution in [0.3, 0.4) is 0 Å². The van der Waals surface area contributed by atoms with Crippen LogP contribution in [0, 0.1) is 18.6 Å². The van der Waals surface area contributed by atoms with Crippen molar-refractivity contribution < 1.29 is 22.0 Å². The lowest BCUT2D eigenvalue weighted by Gasteiger charge is -2.33. The van der Waals surface area contributed by atoms with Gasteiger partial charge in [0.2, 0.25) is 15.9 Å². The van der Waals surface area contributed by atoms with Crippen LogP contribution in [0.15, 0.2) is 53.6 Å². The minimum atomic E-state index is -3.75. The highest BCUT2D eigenvalue weighted by Crippen LogP contribution is 2.25. The van der Waals surface area contributed by atoms with Crippen LogP contribution >= 0.6 is 0 Å². The number of carbonyl (C=O) groups is 1. The lowest BCUT2D eigenvalue weighted by molar-refractivity contribution is -0.123. The van der Waals surface area contributed by atoms with Gasteiger partial charge in [-0.1, -0.05) is 18.2 Å². The molecule has 2 aromatic carbocycles. The van der Waals surface area contributed by atoms with E-state index in [4.69, 9.17) is 0 Å². The Morgan fingerprint density at radius 2 is 1.85 bits per heavy atom. The molecule has 2 heterocycles. The summed E-state index contributed by atoms with van der Waals surface area (Å²) in [6.45, 7) is 4.81. The summed E-state index contributed by atoms with van der Waals surface area (Å²) in [6.07, 6.45) is 1.65. The maximum Gasteiger partial charge on any atom is 0.245 e. The summed E-state index contributed by atoms with van der Waals surface area (Å²) in [5.74, 6) is -1.71. The molecular formula is C24H26F2N4O3S. The highest BCUT2D eigenvalue weighted by molar-refractivity contribution is 7.89. The van der Waals surface area contributed by atoms with Gasteiger partial charge in [0.25, 0.3) is 0 Å². The smallest absolute Gasteiger partial charge is 0.245 e. The van der Waals surface area contributed by atoms with E-state index in [9.17, 15) is 22.0 Å². The number of amides is 1. The van der Waals surface area contributed by atoms with E-state index in [1.807, 2.05) is 24.0 Å². The molecule has 0 aliphatic carbocycles.